The van der Waals surface area contributed by atoms with Crippen LogP contribution in [0.3, 0.4) is 0 Å². The summed E-state index contributed by atoms with van der Waals surface area (Å²) in [7, 11) is -0.744. The van der Waals surface area contributed by atoms with Crippen molar-refractivity contribution in [2.45, 2.75) is 0 Å². The van der Waals surface area contributed by atoms with Gasteiger partial charge in [-0.3, -0.25) is 4.57 Å². The highest BCUT2D eigenvalue weighted by Crippen LogP contribution is 2.29. The number of hydrogen-bond donors (Lipinski definition) is 1. The first-order valence-electron chi connectivity index (χ1n) is 4.96. The monoisotopic (exact) mass is 253 g/mol. The van der Waals surface area contributed by atoms with Crippen molar-refractivity contribution >= 4 is 7.82 Å². The summed E-state index contributed by atoms with van der Waals surface area (Å²) >= 11 is 0. The predicted octanol–water partition coefficient (Wildman–Crippen LogP) is -0.257. The molecule has 0 aromatic rings. The summed E-state index contributed by atoms with van der Waals surface area (Å²) in [6.45, 7) is 5.76. The van der Waals surface area contributed by atoms with Crippen molar-refractivity contribution in [1.29, 1.82) is 0 Å². The molecule has 0 amide bonds. The normalized spacial score (nSPS) is 15.8. The van der Waals surface area contributed by atoms with Crippen molar-refractivity contribution in [3.05, 3.63) is 12.7 Å². The van der Waals surface area contributed by atoms with Gasteiger partial charge in [-0.05, 0) is 0 Å². The number of nitrogens with zero attached hydrogens (tertiary/aromatic N) is 1. The van der Waals surface area contributed by atoms with E-state index in [4.69, 9.17) is 9.63 Å². The van der Waals surface area contributed by atoms with Crippen LogP contribution in [0, 0.1) is 0 Å². The maximum atomic E-state index is 10.3. The lowest BCUT2D eigenvalue weighted by Crippen LogP contribution is -2.44. The fraction of sp³-hybridized carbons (Fsp3) is 0.778. The van der Waals surface area contributed by atoms with Crippen LogP contribution in [0.1, 0.15) is 0 Å². The molecule has 1 unspecified atom stereocenters. The molecule has 6 nitrogen and oxygen atoms in total. The number of ether oxygens (including phenoxy) is 1. The summed E-state index contributed by atoms with van der Waals surface area (Å²) in [5.74, 6) is 0. The SMILES string of the molecule is C=CCOCC[N+](C)(C)CCOP(=O)([O-])O. The number of hydrogen-bond acceptors (Lipinski definition) is 4. The third kappa shape index (κ3) is 10.3. The molecule has 0 spiro atoms. The van der Waals surface area contributed by atoms with Crippen LogP contribution in [0.15, 0.2) is 12.7 Å². The quantitative estimate of drug-likeness (QED) is 0.265. The summed E-state index contributed by atoms with van der Waals surface area (Å²) < 4.78 is 20.4. The molecule has 0 aliphatic carbocycles. The van der Waals surface area contributed by atoms with E-state index in [9.17, 15) is 9.46 Å². The number of phosphoric ester groups is 1. The van der Waals surface area contributed by atoms with Gasteiger partial charge in [-0.1, -0.05) is 6.08 Å². The van der Waals surface area contributed by atoms with E-state index in [1.54, 1.807) is 6.08 Å². The van der Waals surface area contributed by atoms with Gasteiger partial charge in [0.25, 0.3) is 7.82 Å². The minimum Gasteiger partial charge on any atom is -0.756 e. The van der Waals surface area contributed by atoms with Gasteiger partial charge in [-0.2, -0.15) is 0 Å². The Morgan fingerprint density at radius 2 is 2.00 bits per heavy atom. The van der Waals surface area contributed by atoms with Gasteiger partial charge in [-0.15, -0.1) is 6.58 Å². The van der Waals surface area contributed by atoms with Crippen LogP contribution in [0.5, 0.6) is 0 Å². The van der Waals surface area contributed by atoms with Gasteiger partial charge >= 0.3 is 0 Å². The molecular weight excluding hydrogens is 233 g/mol. The second kappa shape index (κ2) is 7.17. The molecule has 0 aliphatic heterocycles. The number of likely N-dealkylation sites (N-methyl/N-ethyl adjacent to an activating group) is 1. The molecule has 96 valence electrons. The van der Waals surface area contributed by atoms with E-state index in [1.165, 1.54) is 0 Å². The van der Waals surface area contributed by atoms with Crippen molar-refractivity contribution in [3.8, 4) is 0 Å². The van der Waals surface area contributed by atoms with Gasteiger partial charge in [0, 0.05) is 0 Å². The molecule has 0 saturated heterocycles. The molecule has 0 radical (unpaired) electrons. The molecule has 0 rings (SSSR count). The lowest BCUT2D eigenvalue weighted by molar-refractivity contribution is -0.890. The Bertz CT molecular complexity index is 250. The van der Waals surface area contributed by atoms with Crippen molar-refractivity contribution in [2.75, 3.05) is 47.0 Å². The second-order valence-corrected chi connectivity index (χ2v) is 5.24. The van der Waals surface area contributed by atoms with Crippen LogP contribution in [0.2, 0.25) is 0 Å². The second-order valence-electron chi connectivity index (χ2n) is 4.05. The van der Waals surface area contributed by atoms with Crippen LogP contribution in [-0.4, -0.2) is 56.4 Å². The maximum Gasteiger partial charge on any atom is 0.265 e. The lowest BCUT2D eigenvalue weighted by Gasteiger charge is -2.30. The van der Waals surface area contributed by atoms with E-state index >= 15 is 0 Å². The van der Waals surface area contributed by atoms with Crippen molar-refractivity contribution in [2.24, 2.45) is 0 Å². The van der Waals surface area contributed by atoms with Crippen molar-refractivity contribution in [1.82, 2.24) is 0 Å². The van der Waals surface area contributed by atoms with Crippen LogP contribution < -0.4 is 4.89 Å². The van der Waals surface area contributed by atoms with E-state index in [-0.39, 0.29) is 6.61 Å². The van der Waals surface area contributed by atoms with Crippen molar-refractivity contribution < 1.29 is 28.1 Å². The molecule has 16 heavy (non-hydrogen) atoms. The first kappa shape index (κ1) is 15.8. The average Bonchev–Trinajstić information content (AvgIpc) is 2.10. The highest BCUT2D eigenvalue weighted by Gasteiger charge is 2.15. The molecule has 7 heteroatoms. The molecule has 0 saturated carbocycles. The standard InChI is InChI=1S/C9H20NO5P/c1-4-7-14-8-5-10(2,3)6-9-15-16(11,12)13/h4H,1,5-9H2,2-3H3,(H-,11,12,13). The zero-order valence-electron chi connectivity index (χ0n) is 9.79. The van der Waals surface area contributed by atoms with Crippen LogP contribution in [-0.2, 0) is 13.8 Å². The fourth-order valence-corrected chi connectivity index (χ4v) is 1.31. The van der Waals surface area contributed by atoms with Gasteiger partial charge in [0.05, 0.1) is 27.3 Å². The molecule has 0 heterocycles. The molecule has 1 N–H and O–H groups in total. The van der Waals surface area contributed by atoms with Crippen LogP contribution in [0.25, 0.3) is 0 Å². The van der Waals surface area contributed by atoms with Gasteiger partial charge in [0.2, 0.25) is 0 Å². The highest BCUT2D eigenvalue weighted by molar-refractivity contribution is 7.44. The van der Waals surface area contributed by atoms with Gasteiger partial charge in [0.15, 0.2) is 0 Å². The van der Waals surface area contributed by atoms with E-state index < -0.39 is 7.82 Å². The molecule has 0 aromatic carbocycles. The van der Waals surface area contributed by atoms with E-state index in [0.29, 0.717) is 24.2 Å². The van der Waals surface area contributed by atoms with E-state index in [0.717, 1.165) is 6.54 Å². The largest absolute Gasteiger partial charge is 0.756 e. The topological polar surface area (TPSA) is 78.8 Å². The highest BCUT2D eigenvalue weighted by atomic mass is 31.2. The summed E-state index contributed by atoms with van der Waals surface area (Å²) in [6.07, 6.45) is 1.67. The Balaban J connectivity index is 3.69. The first-order valence-corrected chi connectivity index (χ1v) is 6.45. The Morgan fingerprint density at radius 3 is 2.50 bits per heavy atom. The minimum atomic E-state index is -4.59. The minimum absolute atomic E-state index is 0.0360. The fourth-order valence-electron chi connectivity index (χ4n) is 0.993. The summed E-state index contributed by atoms with van der Waals surface area (Å²) in [4.78, 5) is 18.7. The lowest BCUT2D eigenvalue weighted by atomic mass is 10.4. The van der Waals surface area contributed by atoms with Crippen LogP contribution in [0.4, 0.5) is 0 Å². The smallest absolute Gasteiger partial charge is 0.265 e. The number of phosphoric acid groups is 1. The number of quaternary nitrogens is 1. The maximum absolute atomic E-state index is 10.3. The summed E-state index contributed by atoms with van der Waals surface area (Å²) in [5, 5.41) is 0. The average molecular weight is 253 g/mol. The Hall–Kier alpha value is -0.230. The first-order chi connectivity index (χ1) is 7.27. The van der Waals surface area contributed by atoms with Gasteiger partial charge < -0.3 is 23.5 Å². The molecule has 0 bridgehead atoms. The van der Waals surface area contributed by atoms with Gasteiger partial charge in [-0.25, -0.2) is 0 Å². The Labute approximate surface area is 96.3 Å². The Kier molecular flexibility index (Phi) is 7.06. The van der Waals surface area contributed by atoms with Gasteiger partial charge in [0.1, 0.15) is 19.7 Å². The van der Waals surface area contributed by atoms with Crippen LogP contribution >= 0.6 is 7.82 Å². The third-order valence-corrected chi connectivity index (χ3v) is 2.54. The molecular formula is C9H20NO5P. The summed E-state index contributed by atoms with van der Waals surface area (Å²) in [6, 6.07) is 0. The van der Waals surface area contributed by atoms with Crippen molar-refractivity contribution in [3.63, 3.8) is 0 Å². The molecule has 0 fully saturated rings. The zero-order chi connectivity index (χ0) is 12.7. The molecule has 0 aliphatic rings. The molecule has 1 atom stereocenters. The molecule has 0 aromatic heterocycles. The zero-order valence-corrected chi connectivity index (χ0v) is 10.7. The van der Waals surface area contributed by atoms with E-state index in [1.807, 2.05) is 14.1 Å². The predicted molar refractivity (Wildman–Crippen MR) is 58.6 cm³/mol. The third-order valence-electron chi connectivity index (χ3n) is 2.03. The van der Waals surface area contributed by atoms with E-state index in [2.05, 4.69) is 11.1 Å². The Morgan fingerprint density at radius 1 is 1.44 bits per heavy atom. The number of rotatable bonds is 9. The summed E-state index contributed by atoms with van der Waals surface area (Å²) in [5.41, 5.74) is 0.